The SMILES string of the molecule is CCOC(=O)OC(=N)N. The first kappa shape index (κ1) is 7.74. The van der Waals surface area contributed by atoms with Crippen LogP contribution in [0.25, 0.3) is 0 Å². The van der Waals surface area contributed by atoms with Gasteiger partial charge >= 0.3 is 6.16 Å². The van der Waals surface area contributed by atoms with Crippen molar-refractivity contribution in [2.24, 2.45) is 5.73 Å². The van der Waals surface area contributed by atoms with E-state index < -0.39 is 12.2 Å². The average Bonchev–Trinajstić information content (AvgIpc) is 1.63. The molecule has 0 radical (unpaired) electrons. The molecular weight excluding hydrogens is 124 g/mol. The number of nitrogens with two attached hydrogens (primary N) is 1. The molecule has 3 N–H and O–H groups in total. The Bertz CT molecular complexity index is 123. The van der Waals surface area contributed by atoms with E-state index in [-0.39, 0.29) is 6.61 Å². The summed E-state index contributed by atoms with van der Waals surface area (Å²) in [6, 6.07) is -0.659. The van der Waals surface area contributed by atoms with Crippen molar-refractivity contribution in [2.75, 3.05) is 6.61 Å². The Hall–Kier alpha value is -1.26. The molecule has 0 unspecified atom stereocenters. The van der Waals surface area contributed by atoms with Crippen molar-refractivity contribution in [3.05, 3.63) is 0 Å². The molecule has 5 nitrogen and oxygen atoms in total. The van der Waals surface area contributed by atoms with Crippen molar-refractivity contribution in [3.8, 4) is 0 Å². The second-order valence-corrected chi connectivity index (χ2v) is 1.15. The maximum Gasteiger partial charge on any atom is 0.516 e. The Morgan fingerprint density at radius 1 is 1.78 bits per heavy atom. The van der Waals surface area contributed by atoms with Crippen LogP contribution in [0.15, 0.2) is 0 Å². The highest BCUT2D eigenvalue weighted by Gasteiger charge is 2.01. The van der Waals surface area contributed by atoms with Crippen LogP contribution in [0.5, 0.6) is 0 Å². The van der Waals surface area contributed by atoms with Gasteiger partial charge < -0.3 is 15.2 Å². The minimum Gasteiger partial charge on any atom is -0.434 e. The van der Waals surface area contributed by atoms with Crippen molar-refractivity contribution in [1.82, 2.24) is 0 Å². The van der Waals surface area contributed by atoms with E-state index in [0.29, 0.717) is 0 Å². The van der Waals surface area contributed by atoms with Gasteiger partial charge in [-0.05, 0) is 6.92 Å². The molecule has 0 bridgehead atoms. The van der Waals surface area contributed by atoms with E-state index in [9.17, 15) is 4.79 Å². The number of amidine groups is 1. The van der Waals surface area contributed by atoms with E-state index in [4.69, 9.17) is 5.41 Å². The molecule has 0 spiro atoms. The van der Waals surface area contributed by atoms with Gasteiger partial charge in [0.05, 0.1) is 6.61 Å². The molecular formula is C4H8N2O3. The topological polar surface area (TPSA) is 85.4 Å². The highest BCUT2D eigenvalue weighted by Crippen LogP contribution is 1.81. The lowest BCUT2D eigenvalue weighted by Gasteiger charge is -1.98. The van der Waals surface area contributed by atoms with E-state index in [1.807, 2.05) is 0 Å². The zero-order chi connectivity index (χ0) is 7.28. The molecule has 5 heteroatoms. The van der Waals surface area contributed by atoms with Crippen molar-refractivity contribution in [2.45, 2.75) is 6.92 Å². The number of carbonyl (C=O) groups is 1. The molecule has 0 aromatic carbocycles. The van der Waals surface area contributed by atoms with Crippen molar-refractivity contribution >= 4 is 12.2 Å². The van der Waals surface area contributed by atoms with Gasteiger partial charge in [-0.15, -0.1) is 0 Å². The fourth-order valence-electron chi connectivity index (χ4n) is 0.237. The van der Waals surface area contributed by atoms with Gasteiger partial charge in [0, 0.05) is 0 Å². The van der Waals surface area contributed by atoms with Crippen molar-refractivity contribution in [1.29, 1.82) is 5.41 Å². The van der Waals surface area contributed by atoms with E-state index in [0.717, 1.165) is 0 Å². The third-order valence-corrected chi connectivity index (χ3v) is 0.455. The number of nitrogens with one attached hydrogen (secondary N) is 1. The number of hydrogen-bond acceptors (Lipinski definition) is 4. The van der Waals surface area contributed by atoms with Gasteiger partial charge in [0.15, 0.2) is 0 Å². The van der Waals surface area contributed by atoms with Crippen LogP contribution in [-0.4, -0.2) is 18.8 Å². The van der Waals surface area contributed by atoms with Gasteiger partial charge in [0.2, 0.25) is 0 Å². The van der Waals surface area contributed by atoms with Gasteiger partial charge in [0.25, 0.3) is 6.02 Å². The number of ether oxygens (including phenoxy) is 2. The molecule has 0 aromatic heterocycles. The fraction of sp³-hybridized carbons (Fsp3) is 0.500. The van der Waals surface area contributed by atoms with Crippen LogP contribution in [-0.2, 0) is 9.47 Å². The summed E-state index contributed by atoms with van der Waals surface area (Å²) in [4.78, 5) is 10.2. The summed E-state index contributed by atoms with van der Waals surface area (Å²) >= 11 is 0. The van der Waals surface area contributed by atoms with Crippen molar-refractivity contribution in [3.63, 3.8) is 0 Å². The Labute approximate surface area is 52.2 Å². The average molecular weight is 132 g/mol. The summed E-state index contributed by atoms with van der Waals surface area (Å²) in [5.41, 5.74) is 4.68. The Morgan fingerprint density at radius 2 is 2.33 bits per heavy atom. The van der Waals surface area contributed by atoms with Gasteiger partial charge in [-0.1, -0.05) is 0 Å². The van der Waals surface area contributed by atoms with Crippen LogP contribution >= 0.6 is 0 Å². The summed E-state index contributed by atoms with van der Waals surface area (Å²) in [5, 5.41) is 6.46. The third kappa shape index (κ3) is 4.60. The number of rotatable bonds is 1. The van der Waals surface area contributed by atoms with Gasteiger partial charge in [-0.2, -0.15) is 0 Å². The van der Waals surface area contributed by atoms with Crippen molar-refractivity contribution < 1.29 is 14.3 Å². The Morgan fingerprint density at radius 3 is 2.67 bits per heavy atom. The summed E-state index contributed by atoms with van der Waals surface area (Å²) in [7, 11) is 0. The lowest BCUT2D eigenvalue weighted by atomic mass is 10.9. The Balaban J connectivity index is 3.39. The summed E-state index contributed by atoms with van der Waals surface area (Å²) in [6.45, 7) is 1.84. The maximum absolute atomic E-state index is 10.2. The molecule has 0 atom stereocenters. The first-order valence-corrected chi connectivity index (χ1v) is 2.35. The third-order valence-electron chi connectivity index (χ3n) is 0.455. The van der Waals surface area contributed by atoms with Crippen LogP contribution in [0.4, 0.5) is 4.79 Å². The predicted octanol–water partition coefficient (Wildman–Crippen LogP) is 0.0530. The molecule has 0 heterocycles. The first-order valence-electron chi connectivity index (χ1n) is 2.35. The monoisotopic (exact) mass is 132 g/mol. The summed E-state index contributed by atoms with van der Waals surface area (Å²) < 4.78 is 8.26. The number of hydrogen-bond donors (Lipinski definition) is 2. The Kier molecular flexibility index (Phi) is 3.19. The molecule has 9 heavy (non-hydrogen) atoms. The minimum atomic E-state index is -0.940. The molecule has 0 aliphatic heterocycles. The smallest absolute Gasteiger partial charge is 0.434 e. The zero-order valence-corrected chi connectivity index (χ0v) is 5.01. The molecule has 0 aliphatic carbocycles. The predicted molar refractivity (Wildman–Crippen MR) is 30.0 cm³/mol. The van der Waals surface area contributed by atoms with Crippen LogP contribution in [0.3, 0.4) is 0 Å². The highest BCUT2D eigenvalue weighted by molar-refractivity contribution is 5.80. The standard InChI is InChI=1S/C4H8N2O3/c1-2-8-4(7)9-3(5)6/h2H2,1H3,(H3,5,6). The molecule has 0 saturated carbocycles. The van der Waals surface area contributed by atoms with E-state index in [2.05, 4.69) is 15.2 Å². The summed E-state index contributed by atoms with van der Waals surface area (Å²) in [5.74, 6) is 0. The molecule has 0 aliphatic rings. The molecule has 0 aromatic rings. The molecule has 52 valence electrons. The summed E-state index contributed by atoms with van der Waals surface area (Å²) in [6.07, 6.45) is -0.940. The van der Waals surface area contributed by atoms with Crippen LogP contribution in [0.1, 0.15) is 6.92 Å². The minimum absolute atomic E-state index is 0.214. The first-order chi connectivity index (χ1) is 4.16. The fourth-order valence-corrected chi connectivity index (χ4v) is 0.237. The zero-order valence-electron chi connectivity index (χ0n) is 5.01. The maximum atomic E-state index is 10.2. The lowest BCUT2D eigenvalue weighted by molar-refractivity contribution is 0.0995. The highest BCUT2D eigenvalue weighted by atomic mass is 16.7. The molecule has 0 amide bonds. The second kappa shape index (κ2) is 3.71. The number of carbonyl (C=O) groups excluding carboxylic acids is 1. The van der Waals surface area contributed by atoms with E-state index >= 15 is 0 Å². The van der Waals surface area contributed by atoms with Gasteiger partial charge in [0.1, 0.15) is 0 Å². The van der Waals surface area contributed by atoms with Gasteiger partial charge in [-0.25, -0.2) is 4.79 Å². The van der Waals surface area contributed by atoms with Crippen LogP contribution < -0.4 is 5.73 Å². The van der Waals surface area contributed by atoms with Crippen LogP contribution in [0, 0.1) is 5.41 Å². The van der Waals surface area contributed by atoms with Crippen LogP contribution in [0.2, 0.25) is 0 Å². The van der Waals surface area contributed by atoms with E-state index in [1.165, 1.54) is 0 Å². The normalized spacial score (nSPS) is 8.11. The van der Waals surface area contributed by atoms with E-state index in [1.54, 1.807) is 6.92 Å². The molecule has 0 saturated heterocycles. The largest absolute Gasteiger partial charge is 0.516 e. The quantitative estimate of drug-likeness (QED) is 0.300. The second-order valence-electron chi connectivity index (χ2n) is 1.15. The molecule has 0 rings (SSSR count). The molecule has 0 fully saturated rings. The van der Waals surface area contributed by atoms with Gasteiger partial charge in [-0.3, -0.25) is 5.41 Å². The lowest BCUT2D eigenvalue weighted by Crippen LogP contribution is -2.19.